The number of H-pyrrole nitrogens is 1. The molecule has 19 heavy (non-hydrogen) atoms. The largest absolute Gasteiger partial charge is 0.420 e. The molecule has 0 fully saturated rings. The van der Waals surface area contributed by atoms with Gasteiger partial charge in [-0.25, -0.2) is 0 Å². The number of aromatic nitrogens is 2. The first kappa shape index (κ1) is 11.8. The van der Waals surface area contributed by atoms with Gasteiger partial charge in [0.25, 0.3) is 0 Å². The highest BCUT2D eigenvalue weighted by atomic mass is 32.1. The Kier molecular flexibility index (Phi) is 2.57. The van der Waals surface area contributed by atoms with Gasteiger partial charge in [-0.2, -0.15) is 5.26 Å². The van der Waals surface area contributed by atoms with Crippen LogP contribution in [0.15, 0.2) is 22.9 Å². The smallest absolute Gasteiger partial charge is 0.244 e. The summed E-state index contributed by atoms with van der Waals surface area (Å²) < 4.78 is 5.42. The maximum absolute atomic E-state index is 9.38. The molecule has 0 aliphatic carbocycles. The molecule has 0 saturated carbocycles. The number of hydrogen-bond acceptors (Lipinski definition) is 5. The van der Waals surface area contributed by atoms with Crippen molar-refractivity contribution in [2.75, 3.05) is 0 Å². The minimum atomic E-state index is -0.188. The van der Waals surface area contributed by atoms with E-state index >= 15 is 0 Å². The molecule has 0 amide bonds. The molecule has 6 heteroatoms. The Morgan fingerprint density at radius 2 is 2.32 bits per heavy atom. The number of ether oxygens (including phenoxy) is 1. The molecule has 5 nitrogen and oxygen atoms in total. The maximum atomic E-state index is 9.38. The lowest BCUT2D eigenvalue weighted by Crippen LogP contribution is -2.20. The molecule has 1 aliphatic rings. The average Bonchev–Trinajstić information content (AvgIpc) is 2.95. The molecule has 2 aromatic heterocycles. The molecule has 2 aromatic rings. The summed E-state index contributed by atoms with van der Waals surface area (Å²) in [5, 5.41) is 18.4. The van der Waals surface area contributed by atoms with Gasteiger partial charge in [-0.1, -0.05) is 0 Å². The van der Waals surface area contributed by atoms with E-state index in [9.17, 15) is 5.26 Å². The molecule has 0 radical (unpaired) electrons. The van der Waals surface area contributed by atoms with E-state index in [1.165, 1.54) is 0 Å². The van der Waals surface area contributed by atoms with Crippen LogP contribution in [-0.2, 0) is 0 Å². The third-order valence-electron chi connectivity index (χ3n) is 3.29. The first-order chi connectivity index (χ1) is 9.13. The number of thiophene rings is 1. The second kappa shape index (κ2) is 4.14. The van der Waals surface area contributed by atoms with Gasteiger partial charge in [0, 0.05) is 10.6 Å². The van der Waals surface area contributed by atoms with Gasteiger partial charge in [-0.05, 0) is 30.9 Å². The number of nitrogens with zero attached hydrogens (tertiary/aromatic N) is 2. The third kappa shape index (κ3) is 1.63. The molecule has 0 bridgehead atoms. The number of allylic oxidation sites excluding steroid dienone is 1. The predicted octanol–water partition coefficient (Wildman–Crippen LogP) is 2.31. The minimum absolute atomic E-state index is 0.138. The van der Waals surface area contributed by atoms with Crippen molar-refractivity contribution in [2.45, 2.75) is 19.8 Å². The van der Waals surface area contributed by atoms with Crippen molar-refractivity contribution in [3.05, 3.63) is 44.6 Å². The molecule has 96 valence electrons. The summed E-state index contributed by atoms with van der Waals surface area (Å²) in [6.07, 6.45) is 0. The number of nitrogens with one attached hydrogen (secondary N) is 1. The predicted molar refractivity (Wildman–Crippen MR) is 71.7 cm³/mol. The molecule has 3 heterocycles. The molecule has 0 spiro atoms. The summed E-state index contributed by atoms with van der Waals surface area (Å²) >= 11 is 1.61. The van der Waals surface area contributed by atoms with Gasteiger partial charge in [-0.3, -0.25) is 5.10 Å². The second-order valence-corrected chi connectivity index (χ2v) is 5.41. The summed E-state index contributed by atoms with van der Waals surface area (Å²) in [6, 6.07) is 4.21. The van der Waals surface area contributed by atoms with E-state index in [0.29, 0.717) is 11.5 Å². The van der Waals surface area contributed by atoms with Crippen LogP contribution in [0, 0.1) is 25.2 Å². The molecule has 0 aromatic carbocycles. The monoisotopic (exact) mass is 272 g/mol. The van der Waals surface area contributed by atoms with Crippen LogP contribution in [0.25, 0.3) is 0 Å². The highest BCUT2D eigenvalue weighted by Crippen LogP contribution is 2.44. The Balaban J connectivity index is 2.28. The zero-order chi connectivity index (χ0) is 13.6. The van der Waals surface area contributed by atoms with Crippen LogP contribution < -0.4 is 10.5 Å². The third-order valence-corrected chi connectivity index (χ3v) is 4.38. The Morgan fingerprint density at radius 3 is 2.95 bits per heavy atom. The Morgan fingerprint density at radius 1 is 1.53 bits per heavy atom. The molecule has 0 saturated heterocycles. The van der Waals surface area contributed by atoms with Crippen LogP contribution in [0.5, 0.6) is 5.88 Å². The zero-order valence-corrected chi connectivity index (χ0v) is 11.3. The number of hydrogen-bond donors (Lipinski definition) is 2. The minimum Gasteiger partial charge on any atom is -0.420 e. The molecular formula is C13H12N4OS. The van der Waals surface area contributed by atoms with E-state index in [-0.39, 0.29) is 11.8 Å². The van der Waals surface area contributed by atoms with Crippen molar-refractivity contribution in [2.24, 2.45) is 5.73 Å². The van der Waals surface area contributed by atoms with Crippen molar-refractivity contribution in [3.63, 3.8) is 0 Å². The van der Waals surface area contributed by atoms with Crippen LogP contribution >= 0.6 is 11.3 Å². The van der Waals surface area contributed by atoms with Crippen LogP contribution in [0.1, 0.15) is 27.6 Å². The Labute approximate surface area is 114 Å². The fourth-order valence-electron chi connectivity index (χ4n) is 2.34. The van der Waals surface area contributed by atoms with E-state index in [4.69, 9.17) is 10.5 Å². The van der Waals surface area contributed by atoms with Crippen molar-refractivity contribution >= 4 is 11.3 Å². The van der Waals surface area contributed by atoms with Gasteiger partial charge in [-0.15, -0.1) is 16.4 Å². The molecule has 1 atom stereocenters. The number of aromatic amines is 1. The number of fused-ring (bicyclic) bond motifs is 1. The lowest BCUT2D eigenvalue weighted by atomic mass is 9.87. The SMILES string of the molecule is Cc1ccsc1[C@H]1C(C#N)=C(N)Oc2n[nH]c(C)c21. The van der Waals surface area contributed by atoms with Crippen molar-refractivity contribution in [1.29, 1.82) is 5.26 Å². The normalized spacial score (nSPS) is 17.8. The van der Waals surface area contributed by atoms with Crippen LogP contribution in [-0.4, -0.2) is 10.2 Å². The van der Waals surface area contributed by atoms with E-state index in [0.717, 1.165) is 21.7 Å². The quantitative estimate of drug-likeness (QED) is 0.833. The average molecular weight is 272 g/mol. The molecule has 1 aliphatic heterocycles. The van der Waals surface area contributed by atoms with E-state index in [2.05, 4.69) is 16.3 Å². The topological polar surface area (TPSA) is 87.7 Å². The van der Waals surface area contributed by atoms with Crippen LogP contribution in [0.4, 0.5) is 0 Å². The standard InChI is InChI=1S/C13H12N4OS/c1-6-3-4-19-11(6)10-8(5-14)12(15)18-13-9(10)7(2)16-17-13/h3-4,10H,15H2,1-2H3,(H,16,17)/t10-/m0/s1. The van der Waals surface area contributed by atoms with Gasteiger partial charge in [0.15, 0.2) is 0 Å². The number of rotatable bonds is 1. The Bertz CT molecular complexity index is 719. The van der Waals surface area contributed by atoms with Gasteiger partial charge >= 0.3 is 0 Å². The van der Waals surface area contributed by atoms with Crippen molar-refractivity contribution < 1.29 is 4.74 Å². The van der Waals surface area contributed by atoms with Crippen LogP contribution in [0.2, 0.25) is 0 Å². The maximum Gasteiger partial charge on any atom is 0.244 e. The summed E-state index contributed by atoms with van der Waals surface area (Å²) in [4.78, 5) is 1.11. The van der Waals surface area contributed by atoms with Gasteiger partial charge in [0.2, 0.25) is 11.8 Å². The summed E-state index contributed by atoms with van der Waals surface area (Å²) in [5.74, 6) is 0.415. The number of nitriles is 1. The lowest BCUT2D eigenvalue weighted by Gasteiger charge is -2.23. The van der Waals surface area contributed by atoms with E-state index in [1.807, 2.05) is 25.3 Å². The zero-order valence-electron chi connectivity index (χ0n) is 10.5. The number of nitrogens with two attached hydrogens (primary N) is 1. The molecule has 0 unspecified atom stereocenters. The van der Waals surface area contributed by atoms with Crippen LogP contribution in [0.3, 0.4) is 0 Å². The highest BCUT2D eigenvalue weighted by molar-refractivity contribution is 7.10. The van der Waals surface area contributed by atoms with Gasteiger partial charge in [0.05, 0.1) is 11.5 Å². The molecule has 3 rings (SSSR count). The molecule has 3 N–H and O–H groups in total. The van der Waals surface area contributed by atoms with E-state index < -0.39 is 0 Å². The lowest BCUT2D eigenvalue weighted by molar-refractivity contribution is 0.379. The van der Waals surface area contributed by atoms with Gasteiger partial charge < -0.3 is 10.5 Å². The first-order valence-corrected chi connectivity index (χ1v) is 6.68. The van der Waals surface area contributed by atoms with E-state index in [1.54, 1.807) is 11.3 Å². The summed E-state index contributed by atoms with van der Waals surface area (Å²) in [6.45, 7) is 3.95. The number of aryl methyl sites for hydroxylation is 2. The summed E-state index contributed by atoms with van der Waals surface area (Å²) in [5.41, 5.74) is 9.23. The molecular weight excluding hydrogens is 260 g/mol. The highest BCUT2D eigenvalue weighted by Gasteiger charge is 2.35. The first-order valence-electron chi connectivity index (χ1n) is 5.80. The Hall–Kier alpha value is -2.26. The van der Waals surface area contributed by atoms with Crippen molar-refractivity contribution in [1.82, 2.24) is 10.2 Å². The van der Waals surface area contributed by atoms with Crippen molar-refractivity contribution in [3.8, 4) is 11.9 Å². The summed E-state index contributed by atoms with van der Waals surface area (Å²) in [7, 11) is 0. The second-order valence-electron chi connectivity index (χ2n) is 4.46. The fraction of sp³-hybridized carbons (Fsp3) is 0.231. The van der Waals surface area contributed by atoms with Gasteiger partial charge in [0.1, 0.15) is 11.6 Å². The fourth-order valence-corrected chi connectivity index (χ4v) is 3.39.